The third-order valence-electron chi connectivity index (χ3n) is 5.25. The molecule has 5 nitrogen and oxygen atoms in total. The number of fused-ring (bicyclic) bond motifs is 3. The molecule has 1 atom stereocenters. The molecule has 2 aromatic carbocycles. The molecule has 0 radical (unpaired) electrons. The van der Waals surface area contributed by atoms with Gasteiger partial charge in [-0.25, -0.2) is 8.78 Å². The molecule has 1 heterocycles. The van der Waals surface area contributed by atoms with Gasteiger partial charge in [0, 0.05) is 30.5 Å². The van der Waals surface area contributed by atoms with E-state index < -0.39 is 17.5 Å². The summed E-state index contributed by atoms with van der Waals surface area (Å²) in [7, 11) is 0. The minimum atomic E-state index is -0.671. The van der Waals surface area contributed by atoms with E-state index in [1.165, 1.54) is 37.3 Å². The molecule has 7 heteroatoms. The van der Waals surface area contributed by atoms with Gasteiger partial charge in [-0.2, -0.15) is 0 Å². The first-order valence-corrected chi connectivity index (χ1v) is 9.04. The van der Waals surface area contributed by atoms with Crippen LogP contribution < -0.4 is 11.1 Å². The highest BCUT2D eigenvalue weighted by Gasteiger charge is 2.27. The Morgan fingerprint density at radius 2 is 1.89 bits per heavy atom. The number of benzene rings is 2. The molecular formula is C21H19F2N3O2. The standard InChI is InChI=1S/C21H19F2N3O2/c1-10(27)25-11-5-6-12-17(9-11)26-20-14(21(24)28)8-7-13(18(12)20)19-15(22)3-2-4-16(19)23/h2-4,7-8,11,26H,5-6,9H2,1H3,(H2,24,28)(H,25,27). The first-order chi connectivity index (χ1) is 13.4. The molecule has 0 saturated heterocycles. The molecule has 2 amide bonds. The molecule has 1 unspecified atom stereocenters. The molecule has 0 fully saturated rings. The van der Waals surface area contributed by atoms with Crippen LogP contribution in [0.3, 0.4) is 0 Å². The van der Waals surface area contributed by atoms with E-state index in [0.717, 1.165) is 11.3 Å². The highest BCUT2D eigenvalue weighted by molar-refractivity contribution is 6.10. The van der Waals surface area contributed by atoms with E-state index in [1.807, 2.05) is 0 Å². The van der Waals surface area contributed by atoms with Crippen molar-refractivity contribution < 1.29 is 18.4 Å². The summed E-state index contributed by atoms with van der Waals surface area (Å²) in [5.74, 6) is -2.08. The maximum absolute atomic E-state index is 14.5. The van der Waals surface area contributed by atoms with E-state index in [1.54, 1.807) is 0 Å². The number of H-pyrrole nitrogens is 1. The number of carbonyl (C=O) groups excluding carboxylic acids is 2. The van der Waals surface area contributed by atoms with Crippen LogP contribution in [0.25, 0.3) is 22.0 Å². The molecule has 28 heavy (non-hydrogen) atoms. The van der Waals surface area contributed by atoms with Gasteiger partial charge < -0.3 is 16.0 Å². The van der Waals surface area contributed by atoms with Gasteiger partial charge in [-0.3, -0.25) is 9.59 Å². The van der Waals surface area contributed by atoms with Crippen LogP contribution in [0.5, 0.6) is 0 Å². The van der Waals surface area contributed by atoms with Gasteiger partial charge in [-0.1, -0.05) is 12.1 Å². The molecule has 0 spiro atoms. The molecule has 0 aliphatic heterocycles. The van der Waals surface area contributed by atoms with Gasteiger partial charge in [0.15, 0.2) is 0 Å². The van der Waals surface area contributed by atoms with Gasteiger partial charge >= 0.3 is 0 Å². The SMILES string of the molecule is CC(=O)NC1CCc2c([nH]c3c(C(N)=O)ccc(-c4c(F)cccc4F)c23)C1. The molecule has 4 N–H and O–H groups in total. The summed E-state index contributed by atoms with van der Waals surface area (Å²) in [4.78, 5) is 26.5. The summed E-state index contributed by atoms with van der Waals surface area (Å²) in [6.45, 7) is 1.46. The molecule has 1 aliphatic rings. The van der Waals surface area contributed by atoms with Gasteiger partial charge in [0.25, 0.3) is 5.91 Å². The fraction of sp³-hybridized carbons (Fsp3) is 0.238. The number of carbonyl (C=O) groups is 2. The molecule has 0 bridgehead atoms. The van der Waals surface area contributed by atoms with Gasteiger partial charge in [0.1, 0.15) is 11.6 Å². The fourth-order valence-corrected chi connectivity index (χ4v) is 4.12. The van der Waals surface area contributed by atoms with Crippen molar-refractivity contribution in [2.24, 2.45) is 5.73 Å². The summed E-state index contributed by atoms with van der Waals surface area (Å²) >= 11 is 0. The van der Waals surface area contributed by atoms with Crippen molar-refractivity contribution in [1.82, 2.24) is 10.3 Å². The second-order valence-corrected chi connectivity index (χ2v) is 7.09. The lowest BCUT2D eigenvalue weighted by atomic mass is 9.88. The van der Waals surface area contributed by atoms with Crippen LogP contribution in [0.15, 0.2) is 30.3 Å². The van der Waals surface area contributed by atoms with Gasteiger partial charge in [-0.05, 0) is 42.2 Å². The number of rotatable bonds is 3. The zero-order valence-corrected chi connectivity index (χ0v) is 15.2. The number of amides is 2. The number of aromatic nitrogens is 1. The van der Waals surface area contributed by atoms with Crippen molar-refractivity contribution in [3.63, 3.8) is 0 Å². The van der Waals surface area contributed by atoms with Crippen LogP contribution in [0.1, 0.15) is 35.0 Å². The van der Waals surface area contributed by atoms with Gasteiger partial charge in [-0.15, -0.1) is 0 Å². The lowest BCUT2D eigenvalue weighted by Crippen LogP contribution is -2.37. The lowest BCUT2D eigenvalue weighted by molar-refractivity contribution is -0.119. The summed E-state index contributed by atoms with van der Waals surface area (Å²) in [5, 5.41) is 3.51. The van der Waals surface area contributed by atoms with Crippen molar-refractivity contribution in [1.29, 1.82) is 0 Å². The number of hydrogen-bond acceptors (Lipinski definition) is 2. The number of aryl methyl sites for hydroxylation is 1. The first-order valence-electron chi connectivity index (χ1n) is 9.04. The summed E-state index contributed by atoms with van der Waals surface area (Å²) in [5.41, 5.74) is 8.24. The smallest absolute Gasteiger partial charge is 0.250 e. The van der Waals surface area contributed by atoms with Crippen LogP contribution in [0.2, 0.25) is 0 Å². The van der Waals surface area contributed by atoms with Crippen molar-refractivity contribution in [3.8, 4) is 11.1 Å². The second kappa shape index (κ2) is 6.74. The molecule has 144 valence electrons. The van der Waals surface area contributed by atoms with Crippen molar-refractivity contribution in [3.05, 3.63) is 58.8 Å². The van der Waals surface area contributed by atoms with Crippen molar-refractivity contribution in [2.45, 2.75) is 32.2 Å². The summed E-state index contributed by atoms with van der Waals surface area (Å²) in [6, 6.07) is 6.71. The zero-order valence-electron chi connectivity index (χ0n) is 15.2. The van der Waals surface area contributed by atoms with Crippen LogP contribution in [0, 0.1) is 11.6 Å². The Balaban J connectivity index is 1.97. The van der Waals surface area contributed by atoms with Crippen LogP contribution in [-0.2, 0) is 17.6 Å². The number of nitrogens with one attached hydrogen (secondary N) is 2. The number of nitrogens with two attached hydrogens (primary N) is 1. The Kier molecular flexibility index (Phi) is 4.37. The third kappa shape index (κ3) is 2.93. The predicted octanol–water partition coefficient (Wildman–Crippen LogP) is 3.21. The van der Waals surface area contributed by atoms with Crippen LogP contribution in [-0.4, -0.2) is 22.8 Å². The normalized spacial score (nSPS) is 16.0. The van der Waals surface area contributed by atoms with E-state index in [4.69, 9.17) is 5.73 Å². The summed E-state index contributed by atoms with van der Waals surface area (Å²) < 4.78 is 29.0. The second-order valence-electron chi connectivity index (χ2n) is 7.09. The minimum absolute atomic E-state index is 0.0382. The molecule has 4 rings (SSSR count). The van der Waals surface area contributed by atoms with Gasteiger partial charge in [0.05, 0.1) is 16.6 Å². The van der Waals surface area contributed by atoms with Crippen molar-refractivity contribution in [2.75, 3.05) is 0 Å². The Bertz CT molecular complexity index is 1100. The van der Waals surface area contributed by atoms with E-state index in [0.29, 0.717) is 35.7 Å². The summed E-state index contributed by atoms with van der Waals surface area (Å²) in [6.07, 6.45) is 1.84. The Morgan fingerprint density at radius 1 is 1.18 bits per heavy atom. The Hall–Kier alpha value is -3.22. The lowest BCUT2D eigenvalue weighted by Gasteiger charge is -2.23. The maximum Gasteiger partial charge on any atom is 0.250 e. The predicted molar refractivity (Wildman–Crippen MR) is 102 cm³/mol. The van der Waals surface area contributed by atoms with Crippen molar-refractivity contribution >= 4 is 22.7 Å². The van der Waals surface area contributed by atoms with E-state index in [9.17, 15) is 18.4 Å². The third-order valence-corrected chi connectivity index (χ3v) is 5.25. The minimum Gasteiger partial charge on any atom is -0.366 e. The molecular weight excluding hydrogens is 364 g/mol. The zero-order chi connectivity index (χ0) is 20.0. The molecule has 3 aromatic rings. The Morgan fingerprint density at radius 3 is 2.54 bits per heavy atom. The largest absolute Gasteiger partial charge is 0.366 e. The van der Waals surface area contributed by atoms with E-state index in [2.05, 4.69) is 10.3 Å². The average molecular weight is 383 g/mol. The monoisotopic (exact) mass is 383 g/mol. The molecule has 0 saturated carbocycles. The van der Waals surface area contributed by atoms with Crippen LogP contribution in [0.4, 0.5) is 8.78 Å². The fourth-order valence-electron chi connectivity index (χ4n) is 4.12. The van der Waals surface area contributed by atoms with E-state index in [-0.39, 0.29) is 23.1 Å². The number of halogens is 2. The average Bonchev–Trinajstić information content (AvgIpc) is 2.99. The highest BCUT2D eigenvalue weighted by Crippen LogP contribution is 2.39. The Labute approximate surface area is 159 Å². The van der Waals surface area contributed by atoms with Crippen LogP contribution >= 0.6 is 0 Å². The maximum atomic E-state index is 14.5. The number of primary amides is 1. The first kappa shape index (κ1) is 18.2. The molecule has 1 aromatic heterocycles. The molecule has 1 aliphatic carbocycles. The van der Waals surface area contributed by atoms with Gasteiger partial charge in [0.2, 0.25) is 5.91 Å². The number of hydrogen-bond donors (Lipinski definition) is 3. The quantitative estimate of drug-likeness (QED) is 0.649. The highest BCUT2D eigenvalue weighted by atomic mass is 19.1. The topological polar surface area (TPSA) is 88.0 Å². The van der Waals surface area contributed by atoms with E-state index >= 15 is 0 Å². The number of aromatic amines is 1.